The third-order valence-electron chi connectivity index (χ3n) is 4.91. The number of aromatic nitrogens is 3. The van der Waals surface area contributed by atoms with Crippen LogP contribution in [-0.4, -0.2) is 31.5 Å². The highest BCUT2D eigenvalue weighted by molar-refractivity contribution is 7.99. The van der Waals surface area contributed by atoms with Gasteiger partial charge >= 0.3 is 0 Å². The van der Waals surface area contributed by atoms with Crippen LogP contribution in [0.4, 0.5) is 10.1 Å². The molecule has 0 aliphatic carbocycles. The number of nitrogens with one attached hydrogen (secondary N) is 1. The number of nitrogens with zero attached hydrogens (tertiary/aromatic N) is 3. The van der Waals surface area contributed by atoms with Gasteiger partial charge in [-0.2, -0.15) is 0 Å². The van der Waals surface area contributed by atoms with E-state index in [0.29, 0.717) is 22.2 Å². The number of rotatable bonds is 6. The SMILES string of the molecule is Cc1ccc(-n2c(SCC(=O)Nc3ccc(F)c(Cl)c3)nnc2-c2ccccc2O)c(C)c1. The first-order valence-corrected chi connectivity index (χ1v) is 11.4. The summed E-state index contributed by atoms with van der Waals surface area (Å²) < 4.78 is 15.2. The van der Waals surface area contributed by atoms with E-state index in [-0.39, 0.29) is 22.4 Å². The van der Waals surface area contributed by atoms with Crippen LogP contribution < -0.4 is 5.32 Å². The van der Waals surface area contributed by atoms with Crippen molar-refractivity contribution in [1.82, 2.24) is 14.8 Å². The van der Waals surface area contributed by atoms with Gasteiger partial charge in [0.25, 0.3) is 0 Å². The molecule has 33 heavy (non-hydrogen) atoms. The largest absolute Gasteiger partial charge is 0.507 e. The summed E-state index contributed by atoms with van der Waals surface area (Å²) in [7, 11) is 0. The Balaban J connectivity index is 1.64. The fourth-order valence-electron chi connectivity index (χ4n) is 3.38. The van der Waals surface area contributed by atoms with Crippen molar-refractivity contribution in [3.63, 3.8) is 0 Å². The normalized spacial score (nSPS) is 10.9. The molecule has 0 aliphatic heterocycles. The van der Waals surface area contributed by atoms with E-state index in [0.717, 1.165) is 16.8 Å². The van der Waals surface area contributed by atoms with Crippen LogP contribution in [0.3, 0.4) is 0 Å². The van der Waals surface area contributed by atoms with Gasteiger partial charge in [-0.15, -0.1) is 10.2 Å². The number of carbonyl (C=O) groups excluding carboxylic acids is 1. The molecule has 0 spiro atoms. The highest BCUT2D eigenvalue weighted by Gasteiger charge is 2.20. The first-order chi connectivity index (χ1) is 15.8. The Labute approximate surface area is 199 Å². The first-order valence-electron chi connectivity index (χ1n) is 10.0. The predicted octanol–water partition coefficient (Wildman–Crippen LogP) is 5.78. The molecule has 0 fully saturated rings. The molecule has 1 heterocycles. The average molecular weight is 483 g/mol. The number of phenolic OH excluding ortho intramolecular Hbond substituents is 1. The zero-order valence-electron chi connectivity index (χ0n) is 17.8. The third kappa shape index (κ3) is 5.02. The Hall–Kier alpha value is -3.36. The molecule has 0 radical (unpaired) electrons. The maximum Gasteiger partial charge on any atom is 0.234 e. The minimum absolute atomic E-state index is 0.0405. The van der Waals surface area contributed by atoms with Crippen LogP contribution in [0, 0.1) is 19.7 Å². The Bertz CT molecular complexity index is 1340. The van der Waals surface area contributed by atoms with E-state index in [1.165, 1.54) is 30.0 Å². The average Bonchev–Trinajstić information content (AvgIpc) is 3.18. The fraction of sp³-hybridized carbons (Fsp3) is 0.125. The number of hydrogen-bond acceptors (Lipinski definition) is 5. The number of amides is 1. The number of aromatic hydroxyl groups is 1. The lowest BCUT2D eigenvalue weighted by Crippen LogP contribution is -2.14. The molecular weight excluding hydrogens is 463 g/mol. The number of hydrogen-bond donors (Lipinski definition) is 2. The number of phenols is 1. The predicted molar refractivity (Wildman–Crippen MR) is 129 cm³/mol. The molecule has 2 N–H and O–H groups in total. The van der Waals surface area contributed by atoms with Crippen LogP contribution in [0.5, 0.6) is 5.75 Å². The summed E-state index contributed by atoms with van der Waals surface area (Å²) in [4.78, 5) is 12.5. The molecule has 3 aromatic carbocycles. The van der Waals surface area contributed by atoms with Crippen LogP contribution in [0.25, 0.3) is 17.1 Å². The molecule has 0 aliphatic rings. The number of carbonyl (C=O) groups is 1. The third-order valence-corrected chi connectivity index (χ3v) is 6.13. The van der Waals surface area contributed by atoms with Crippen molar-refractivity contribution in [3.05, 3.63) is 82.6 Å². The molecule has 0 unspecified atom stereocenters. The molecule has 168 valence electrons. The number of aryl methyl sites for hydroxylation is 2. The van der Waals surface area contributed by atoms with E-state index >= 15 is 0 Å². The van der Waals surface area contributed by atoms with E-state index in [4.69, 9.17) is 11.6 Å². The van der Waals surface area contributed by atoms with Crippen molar-refractivity contribution in [2.24, 2.45) is 0 Å². The summed E-state index contributed by atoms with van der Waals surface area (Å²) in [5, 5.41) is 22.1. The summed E-state index contributed by atoms with van der Waals surface area (Å²) in [6.07, 6.45) is 0. The zero-order chi connectivity index (χ0) is 23.5. The molecule has 0 saturated carbocycles. The van der Waals surface area contributed by atoms with Gasteiger partial charge in [-0.25, -0.2) is 4.39 Å². The van der Waals surface area contributed by atoms with Gasteiger partial charge in [-0.05, 0) is 55.8 Å². The highest BCUT2D eigenvalue weighted by Crippen LogP contribution is 2.33. The maximum atomic E-state index is 13.4. The zero-order valence-corrected chi connectivity index (χ0v) is 19.4. The van der Waals surface area contributed by atoms with Crippen molar-refractivity contribution in [2.45, 2.75) is 19.0 Å². The summed E-state index contributed by atoms with van der Waals surface area (Å²) in [6, 6.07) is 16.9. The lowest BCUT2D eigenvalue weighted by Gasteiger charge is -2.14. The standard InChI is InChI=1S/C24H20ClFN4O2S/c1-14-7-10-20(15(2)11-14)30-23(17-5-3-4-6-21(17)31)28-29-24(30)33-13-22(32)27-16-8-9-19(26)18(25)12-16/h3-12,31H,13H2,1-2H3,(H,27,32). The lowest BCUT2D eigenvalue weighted by atomic mass is 10.1. The van der Waals surface area contributed by atoms with Crippen LogP contribution in [0.2, 0.25) is 5.02 Å². The number of thioether (sulfide) groups is 1. The molecule has 4 rings (SSSR count). The summed E-state index contributed by atoms with van der Waals surface area (Å²) in [6.45, 7) is 3.99. The molecule has 0 atom stereocenters. The Kier molecular flexibility index (Phi) is 6.67. The van der Waals surface area contributed by atoms with Crippen molar-refractivity contribution < 1.29 is 14.3 Å². The maximum absolute atomic E-state index is 13.4. The van der Waals surface area contributed by atoms with Gasteiger partial charge in [0.15, 0.2) is 11.0 Å². The van der Waals surface area contributed by atoms with Crippen molar-refractivity contribution in [1.29, 1.82) is 0 Å². The van der Waals surface area contributed by atoms with Gasteiger partial charge < -0.3 is 10.4 Å². The van der Waals surface area contributed by atoms with Crippen LogP contribution in [0.1, 0.15) is 11.1 Å². The Morgan fingerprint density at radius 2 is 1.91 bits per heavy atom. The minimum Gasteiger partial charge on any atom is -0.507 e. The smallest absolute Gasteiger partial charge is 0.234 e. The van der Waals surface area contributed by atoms with E-state index in [2.05, 4.69) is 15.5 Å². The van der Waals surface area contributed by atoms with Gasteiger partial charge in [0.2, 0.25) is 5.91 Å². The summed E-state index contributed by atoms with van der Waals surface area (Å²) >= 11 is 6.98. The van der Waals surface area contributed by atoms with Gasteiger partial charge in [-0.1, -0.05) is 53.2 Å². The van der Waals surface area contributed by atoms with Gasteiger partial charge in [0.1, 0.15) is 11.6 Å². The van der Waals surface area contributed by atoms with Gasteiger partial charge in [0.05, 0.1) is 22.0 Å². The van der Waals surface area contributed by atoms with Crippen molar-refractivity contribution in [2.75, 3.05) is 11.1 Å². The molecule has 9 heteroatoms. The molecule has 4 aromatic rings. The Morgan fingerprint density at radius 3 is 2.64 bits per heavy atom. The molecule has 1 aromatic heterocycles. The highest BCUT2D eigenvalue weighted by atomic mass is 35.5. The monoisotopic (exact) mass is 482 g/mol. The van der Waals surface area contributed by atoms with Crippen molar-refractivity contribution >= 4 is 35.0 Å². The number of anilines is 1. The molecule has 6 nitrogen and oxygen atoms in total. The second-order valence-corrected chi connectivity index (χ2v) is 8.76. The molecule has 0 bridgehead atoms. The van der Waals surface area contributed by atoms with Gasteiger partial charge in [0, 0.05) is 5.69 Å². The first kappa shape index (κ1) is 22.8. The second kappa shape index (κ2) is 9.64. The minimum atomic E-state index is -0.553. The fourth-order valence-corrected chi connectivity index (χ4v) is 4.30. The van der Waals surface area contributed by atoms with Crippen LogP contribution in [0.15, 0.2) is 65.8 Å². The lowest BCUT2D eigenvalue weighted by molar-refractivity contribution is -0.113. The van der Waals surface area contributed by atoms with Crippen LogP contribution >= 0.6 is 23.4 Å². The molecule has 1 amide bonds. The molecular formula is C24H20ClFN4O2S. The second-order valence-electron chi connectivity index (χ2n) is 7.41. The topological polar surface area (TPSA) is 80.0 Å². The Morgan fingerprint density at radius 1 is 1.12 bits per heavy atom. The quantitative estimate of drug-likeness (QED) is 0.340. The van der Waals surface area contributed by atoms with E-state index in [1.807, 2.05) is 42.7 Å². The number of halogens is 2. The van der Waals surface area contributed by atoms with E-state index in [1.54, 1.807) is 18.2 Å². The van der Waals surface area contributed by atoms with Gasteiger partial charge in [-0.3, -0.25) is 9.36 Å². The summed E-state index contributed by atoms with van der Waals surface area (Å²) in [5.74, 6) is -0.269. The number of benzene rings is 3. The van der Waals surface area contributed by atoms with Crippen molar-refractivity contribution in [3.8, 4) is 22.8 Å². The number of para-hydroxylation sites is 1. The van der Waals surface area contributed by atoms with E-state index < -0.39 is 5.82 Å². The summed E-state index contributed by atoms with van der Waals surface area (Å²) in [5.41, 5.74) is 3.88. The molecule has 0 saturated heterocycles. The van der Waals surface area contributed by atoms with Crippen LogP contribution in [-0.2, 0) is 4.79 Å². The van der Waals surface area contributed by atoms with E-state index in [9.17, 15) is 14.3 Å².